The molecule has 0 aliphatic rings. The van der Waals surface area contributed by atoms with Crippen molar-refractivity contribution in [1.82, 2.24) is 5.32 Å². The van der Waals surface area contributed by atoms with Crippen LogP contribution in [0.25, 0.3) is 0 Å². The predicted molar refractivity (Wildman–Crippen MR) is 88.1 cm³/mol. The third-order valence-electron chi connectivity index (χ3n) is 2.86. The lowest BCUT2D eigenvalue weighted by atomic mass is 10.3. The van der Waals surface area contributed by atoms with Crippen LogP contribution in [0.2, 0.25) is 5.02 Å². The molecule has 2 aromatic rings. The van der Waals surface area contributed by atoms with Crippen LogP contribution in [-0.2, 0) is 4.74 Å². The summed E-state index contributed by atoms with van der Waals surface area (Å²) in [5, 5.41) is 2.65. The molecule has 8 heteroatoms. The first-order chi connectivity index (χ1) is 11.9. The highest BCUT2D eigenvalue weighted by Gasteiger charge is 2.13. The number of carbonyl (C=O) groups excluding carboxylic acids is 1. The Morgan fingerprint density at radius 2 is 1.84 bits per heavy atom. The van der Waals surface area contributed by atoms with Crippen molar-refractivity contribution < 1.29 is 27.8 Å². The summed E-state index contributed by atoms with van der Waals surface area (Å²) in [6.07, 6.45) is -1.48. The third kappa shape index (κ3) is 5.79. The fourth-order valence-corrected chi connectivity index (χ4v) is 2.12. The highest BCUT2D eigenvalue weighted by molar-refractivity contribution is 6.32. The molecule has 5 nitrogen and oxygen atoms in total. The van der Waals surface area contributed by atoms with E-state index in [9.17, 15) is 13.6 Å². The van der Waals surface area contributed by atoms with Crippen LogP contribution < -0.4 is 14.8 Å². The first-order valence-electron chi connectivity index (χ1n) is 7.42. The van der Waals surface area contributed by atoms with Crippen LogP contribution in [-0.4, -0.2) is 18.9 Å². The van der Waals surface area contributed by atoms with Gasteiger partial charge in [-0.05, 0) is 19.1 Å². The SMILES string of the molecule is CCNC(=O)OC(C)Oc1ccc(Oc2cc(F)cc(F)c2)cc1Cl. The van der Waals surface area contributed by atoms with E-state index in [0.717, 1.165) is 18.2 Å². The van der Waals surface area contributed by atoms with Crippen LogP contribution in [0, 0.1) is 11.6 Å². The summed E-state index contributed by atoms with van der Waals surface area (Å²) in [5.41, 5.74) is 0. The number of hydrogen-bond donors (Lipinski definition) is 1. The van der Waals surface area contributed by atoms with Crippen LogP contribution in [0.5, 0.6) is 17.2 Å². The molecule has 0 saturated carbocycles. The predicted octanol–water partition coefficient (Wildman–Crippen LogP) is 4.88. The zero-order valence-corrected chi connectivity index (χ0v) is 14.3. The van der Waals surface area contributed by atoms with E-state index in [1.54, 1.807) is 6.92 Å². The number of hydrogen-bond acceptors (Lipinski definition) is 4. The Morgan fingerprint density at radius 3 is 2.44 bits per heavy atom. The second-order valence-corrected chi connectivity index (χ2v) is 5.33. The maximum absolute atomic E-state index is 13.2. The smallest absolute Gasteiger partial charge is 0.410 e. The molecular weight excluding hydrogens is 356 g/mol. The minimum Gasteiger partial charge on any atom is -0.457 e. The van der Waals surface area contributed by atoms with Gasteiger partial charge in [0.1, 0.15) is 28.9 Å². The molecule has 0 fully saturated rings. The second-order valence-electron chi connectivity index (χ2n) is 4.92. The van der Waals surface area contributed by atoms with E-state index in [1.165, 1.54) is 25.1 Å². The van der Waals surface area contributed by atoms with Gasteiger partial charge >= 0.3 is 6.09 Å². The van der Waals surface area contributed by atoms with Crippen molar-refractivity contribution in [2.75, 3.05) is 6.54 Å². The van der Waals surface area contributed by atoms with E-state index in [4.69, 9.17) is 25.8 Å². The van der Waals surface area contributed by atoms with E-state index in [2.05, 4.69) is 5.32 Å². The molecule has 1 amide bonds. The van der Waals surface area contributed by atoms with E-state index < -0.39 is 24.0 Å². The van der Waals surface area contributed by atoms with Crippen molar-refractivity contribution in [2.45, 2.75) is 20.1 Å². The average molecular weight is 372 g/mol. The van der Waals surface area contributed by atoms with Gasteiger partial charge in [0.2, 0.25) is 6.29 Å². The number of halogens is 3. The van der Waals surface area contributed by atoms with Crippen molar-refractivity contribution in [1.29, 1.82) is 0 Å². The number of ether oxygens (including phenoxy) is 3. The van der Waals surface area contributed by atoms with E-state index in [0.29, 0.717) is 6.54 Å². The number of alkyl carbamates (subject to hydrolysis) is 1. The third-order valence-corrected chi connectivity index (χ3v) is 3.16. The molecule has 0 bridgehead atoms. The van der Waals surface area contributed by atoms with Gasteiger partial charge in [0, 0.05) is 37.7 Å². The molecule has 0 heterocycles. The molecular formula is C17H16ClF2NO4. The van der Waals surface area contributed by atoms with Crippen LogP contribution in [0.3, 0.4) is 0 Å². The summed E-state index contributed by atoms with van der Waals surface area (Å²) < 4.78 is 42.1. The Balaban J connectivity index is 2.03. The molecule has 1 atom stereocenters. The van der Waals surface area contributed by atoms with Gasteiger partial charge < -0.3 is 19.5 Å². The molecule has 0 aromatic heterocycles. The molecule has 0 saturated heterocycles. The van der Waals surface area contributed by atoms with Gasteiger partial charge in [-0.1, -0.05) is 11.6 Å². The monoisotopic (exact) mass is 371 g/mol. The minimum absolute atomic E-state index is 0.00447. The number of amides is 1. The summed E-state index contributed by atoms with van der Waals surface area (Å²) >= 11 is 6.09. The Labute approximate surface area is 148 Å². The van der Waals surface area contributed by atoms with Crippen LogP contribution in [0.15, 0.2) is 36.4 Å². The molecule has 0 aliphatic carbocycles. The lowest BCUT2D eigenvalue weighted by Gasteiger charge is -2.16. The second kappa shape index (κ2) is 8.53. The standard InChI is InChI=1S/C17H16ClF2NO4/c1-3-21-17(22)24-10(2)23-16-5-4-13(9-15(16)18)25-14-7-11(19)6-12(20)8-14/h4-10H,3H2,1-2H3,(H,21,22). The van der Waals surface area contributed by atoms with Crippen molar-refractivity contribution in [3.63, 3.8) is 0 Å². The molecule has 134 valence electrons. The zero-order chi connectivity index (χ0) is 18.4. The Hall–Kier alpha value is -2.54. The largest absolute Gasteiger partial charge is 0.457 e. The first-order valence-corrected chi connectivity index (χ1v) is 7.80. The molecule has 1 unspecified atom stereocenters. The normalized spacial score (nSPS) is 11.6. The molecule has 2 rings (SSSR count). The quantitative estimate of drug-likeness (QED) is 0.735. The van der Waals surface area contributed by atoms with E-state index in [-0.39, 0.29) is 22.3 Å². The van der Waals surface area contributed by atoms with Gasteiger partial charge in [-0.15, -0.1) is 0 Å². The van der Waals surface area contributed by atoms with Gasteiger partial charge in [-0.25, -0.2) is 13.6 Å². The summed E-state index contributed by atoms with van der Waals surface area (Å²) in [7, 11) is 0. The van der Waals surface area contributed by atoms with Crippen LogP contribution in [0.4, 0.5) is 13.6 Å². The van der Waals surface area contributed by atoms with Crippen molar-refractivity contribution in [2.24, 2.45) is 0 Å². The van der Waals surface area contributed by atoms with Gasteiger partial charge in [0.25, 0.3) is 0 Å². The number of carbonyl (C=O) groups is 1. The summed E-state index contributed by atoms with van der Waals surface area (Å²) in [6, 6.07) is 7.24. The van der Waals surface area contributed by atoms with Crippen molar-refractivity contribution >= 4 is 17.7 Å². The van der Waals surface area contributed by atoms with Gasteiger partial charge in [-0.2, -0.15) is 0 Å². The zero-order valence-electron chi connectivity index (χ0n) is 13.5. The maximum atomic E-state index is 13.2. The topological polar surface area (TPSA) is 56.8 Å². The molecule has 0 radical (unpaired) electrons. The molecule has 1 N–H and O–H groups in total. The van der Waals surface area contributed by atoms with Gasteiger partial charge in [-0.3, -0.25) is 0 Å². The average Bonchev–Trinajstić information content (AvgIpc) is 2.49. The Bertz CT molecular complexity index is 737. The molecule has 0 aliphatic heterocycles. The van der Waals surface area contributed by atoms with E-state index >= 15 is 0 Å². The van der Waals surface area contributed by atoms with Crippen LogP contribution in [0.1, 0.15) is 13.8 Å². The summed E-state index contributed by atoms with van der Waals surface area (Å²) in [6.45, 7) is 3.72. The van der Waals surface area contributed by atoms with Crippen LogP contribution >= 0.6 is 11.6 Å². The molecule has 25 heavy (non-hydrogen) atoms. The van der Waals surface area contributed by atoms with Gasteiger partial charge in [0.05, 0.1) is 5.02 Å². The molecule has 0 spiro atoms. The number of nitrogens with one attached hydrogen (secondary N) is 1. The maximum Gasteiger partial charge on any atom is 0.410 e. The van der Waals surface area contributed by atoms with Crippen molar-refractivity contribution in [3.05, 3.63) is 53.1 Å². The lowest BCUT2D eigenvalue weighted by Crippen LogP contribution is -2.30. The Morgan fingerprint density at radius 1 is 1.16 bits per heavy atom. The lowest BCUT2D eigenvalue weighted by molar-refractivity contribution is -0.0179. The Kier molecular flexibility index (Phi) is 6.41. The fourth-order valence-electron chi connectivity index (χ4n) is 1.90. The van der Waals surface area contributed by atoms with E-state index in [1.807, 2.05) is 0 Å². The molecule has 2 aromatic carbocycles. The van der Waals surface area contributed by atoms with Crippen molar-refractivity contribution in [3.8, 4) is 17.2 Å². The van der Waals surface area contributed by atoms with Gasteiger partial charge in [0.15, 0.2) is 0 Å². The number of rotatable bonds is 6. The number of benzene rings is 2. The highest BCUT2D eigenvalue weighted by Crippen LogP contribution is 2.32. The summed E-state index contributed by atoms with van der Waals surface area (Å²) in [4.78, 5) is 11.3. The fraction of sp³-hybridized carbons (Fsp3) is 0.235. The minimum atomic E-state index is -0.867. The summed E-state index contributed by atoms with van der Waals surface area (Å²) in [5.74, 6) is -0.985. The first kappa shape index (κ1) is 18.8. The highest BCUT2D eigenvalue weighted by atomic mass is 35.5.